The lowest BCUT2D eigenvalue weighted by molar-refractivity contribution is -0.164. The third kappa shape index (κ3) is 7.40. The van der Waals surface area contributed by atoms with Gasteiger partial charge in [-0.25, -0.2) is 14.2 Å². The molecule has 2 aromatic carbocycles. The molecule has 4 aromatic rings. The Kier molecular flexibility index (Phi) is 10.6. The lowest BCUT2D eigenvalue weighted by Gasteiger charge is -2.42. The van der Waals surface area contributed by atoms with Crippen LogP contribution in [0.1, 0.15) is 84.0 Å². The van der Waals surface area contributed by atoms with Crippen LogP contribution in [0.25, 0.3) is 28.0 Å². The number of anilines is 1. The van der Waals surface area contributed by atoms with Gasteiger partial charge in [-0.2, -0.15) is 0 Å². The molecule has 50 heavy (non-hydrogen) atoms. The molecular weight excluding hydrogens is 725 g/mol. The van der Waals surface area contributed by atoms with Crippen molar-refractivity contribution < 1.29 is 28.1 Å². The van der Waals surface area contributed by atoms with Crippen molar-refractivity contribution in [3.8, 4) is 28.1 Å². The number of hydrogen-bond acceptors (Lipinski definition) is 7. The van der Waals surface area contributed by atoms with Crippen molar-refractivity contribution in [2.75, 3.05) is 31.7 Å². The van der Waals surface area contributed by atoms with Gasteiger partial charge in [-0.05, 0) is 125 Å². The van der Waals surface area contributed by atoms with E-state index in [2.05, 4.69) is 34.7 Å². The van der Waals surface area contributed by atoms with E-state index in [1.54, 1.807) is 6.07 Å². The van der Waals surface area contributed by atoms with Gasteiger partial charge >= 0.3 is 5.97 Å². The quantitative estimate of drug-likeness (QED) is 0.192. The monoisotopic (exact) mass is 769 g/mol. The molecule has 3 aliphatic heterocycles. The molecule has 268 valence electrons. The van der Waals surface area contributed by atoms with E-state index in [0.29, 0.717) is 63.1 Å². The van der Waals surface area contributed by atoms with E-state index >= 15 is 0 Å². The van der Waals surface area contributed by atoms with E-state index < -0.39 is 17.7 Å². The fraction of sp³-hybridized carbons (Fsp3) is 0.487. The molecule has 2 unspecified atom stereocenters. The van der Waals surface area contributed by atoms with Gasteiger partial charge in [0, 0.05) is 36.4 Å². The van der Waals surface area contributed by atoms with Gasteiger partial charge in [-0.1, -0.05) is 29.8 Å². The number of rotatable bonds is 3. The van der Waals surface area contributed by atoms with Crippen LogP contribution >= 0.6 is 27.5 Å². The topological polar surface area (TPSA) is 74.5 Å². The molecule has 11 heteroatoms. The standard InChI is InChI=1S/C39H46BrClFN3O5/c1-23-11-8-9-20-48-39(6)16-18-44(19-17-39)36-30(33(37(46)47-7)50-38(3,4)5)24(2)31(41)35-43-32(34(40)45(35)36)26-13-10-12-25(21-26)28-22-27(42)14-15-29(28)49-23/h10,12-15,21-23,33H,8-9,11,16-20H2,1-7H3. The summed E-state index contributed by atoms with van der Waals surface area (Å²) in [7, 11) is 1.37. The molecular formula is C39H46BrClFN3O5. The highest BCUT2D eigenvalue weighted by Gasteiger charge is 2.39. The number of nitrogens with zero attached hydrogens (tertiary/aromatic N) is 3. The Morgan fingerprint density at radius 3 is 2.56 bits per heavy atom. The normalized spacial score (nSPS) is 20.8. The maximum absolute atomic E-state index is 14.7. The number of methoxy groups -OCH3 is 1. The number of piperidine rings is 1. The second-order valence-corrected chi connectivity index (χ2v) is 15.8. The fourth-order valence-electron chi connectivity index (χ4n) is 6.94. The molecule has 5 heterocycles. The van der Waals surface area contributed by atoms with E-state index in [0.717, 1.165) is 49.0 Å². The molecule has 6 bridgehead atoms. The second kappa shape index (κ2) is 14.4. The van der Waals surface area contributed by atoms with Crippen molar-refractivity contribution in [1.82, 2.24) is 9.38 Å². The zero-order chi connectivity index (χ0) is 36.0. The average Bonchev–Trinajstić information content (AvgIpc) is 3.42. The number of esters is 1. The van der Waals surface area contributed by atoms with E-state index in [1.165, 1.54) is 19.2 Å². The minimum Gasteiger partial charge on any atom is -0.490 e. The maximum atomic E-state index is 14.7. The first-order valence-electron chi connectivity index (χ1n) is 17.3. The van der Waals surface area contributed by atoms with Crippen LogP contribution < -0.4 is 9.64 Å². The van der Waals surface area contributed by atoms with Crippen LogP contribution in [-0.4, -0.2) is 59.5 Å². The lowest BCUT2D eigenvalue weighted by Crippen LogP contribution is -2.45. The van der Waals surface area contributed by atoms with Crippen LogP contribution in [0.15, 0.2) is 47.1 Å². The first-order chi connectivity index (χ1) is 23.7. The highest BCUT2D eigenvalue weighted by molar-refractivity contribution is 9.10. The summed E-state index contributed by atoms with van der Waals surface area (Å²) in [5, 5.41) is 0.400. The third-order valence-corrected chi connectivity index (χ3v) is 10.8. The van der Waals surface area contributed by atoms with Gasteiger partial charge in [0.1, 0.15) is 27.7 Å². The molecule has 1 saturated heterocycles. The van der Waals surface area contributed by atoms with Gasteiger partial charge in [0.2, 0.25) is 0 Å². The van der Waals surface area contributed by atoms with E-state index in [9.17, 15) is 9.18 Å². The number of pyridine rings is 1. The van der Waals surface area contributed by atoms with Crippen LogP contribution in [0.4, 0.5) is 10.2 Å². The molecule has 0 spiro atoms. The Balaban J connectivity index is 1.61. The molecule has 2 atom stereocenters. The Morgan fingerprint density at radius 1 is 1.14 bits per heavy atom. The first kappa shape index (κ1) is 36.6. The zero-order valence-electron chi connectivity index (χ0n) is 29.9. The van der Waals surface area contributed by atoms with Crippen molar-refractivity contribution in [2.45, 2.75) is 97.1 Å². The van der Waals surface area contributed by atoms with E-state index in [4.69, 9.17) is 35.5 Å². The van der Waals surface area contributed by atoms with E-state index in [1.807, 2.05) is 56.4 Å². The van der Waals surface area contributed by atoms with Crippen molar-refractivity contribution in [2.24, 2.45) is 0 Å². The molecule has 0 amide bonds. The number of fused-ring (bicyclic) bond motifs is 8. The fourth-order valence-corrected chi connectivity index (χ4v) is 7.82. The largest absolute Gasteiger partial charge is 0.490 e. The summed E-state index contributed by atoms with van der Waals surface area (Å²) in [6, 6.07) is 12.5. The summed E-state index contributed by atoms with van der Waals surface area (Å²) in [6.45, 7) is 13.9. The third-order valence-electron chi connectivity index (χ3n) is 9.65. The summed E-state index contributed by atoms with van der Waals surface area (Å²) >= 11 is 11.1. The van der Waals surface area contributed by atoms with Gasteiger partial charge in [0.25, 0.3) is 0 Å². The SMILES string of the molecule is COC(=O)C(OC(C)(C)C)c1c(C)c(Cl)c2nc3c(Br)n2c1N1CCC(C)(CC1)OCCCCC(C)Oc1ccc(F)cc1-c1cccc-3c1. The number of hydrogen-bond donors (Lipinski definition) is 0. The molecule has 0 radical (unpaired) electrons. The number of halogens is 3. The first-order valence-corrected chi connectivity index (χ1v) is 18.5. The molecule has 8 nitrogen and oxygen atoms in total. The Morgan fingerprint density at radius 2 is 1.86 bits per heavy atom. The smallest absolute Gasteiger partial charge is 0.339 e. The maximum Gasteiger partial charge on any atom is 0.339 e. The molecule has 3 aliphatic rings. The summed E-state index contributed by atoms with van der Waals surface area (Å²) in [5.41, 5.74) is 3.77. The molecule has 0 saturated carbocycles. The average molecular weight is 771 g/mol. The summed E-state index contributed by atoms with van der Waals surface area (Å²) in [4.78, 5) is 20.9. The summed E-state index contributed by atoms with van der Waals surface area (Å²) in [6.07, 6.45) is 3.15. The predicted octanol–water partition coefficient (Wildman–Crippen LogP) is 9.89. The lowest BCUT2D eigenvalue weighted by atomic mass is 9.92. The van der Waals surface area contributed by atoms with Gasteiger partial charge < -0.3 is 23.8 Å². The van der Waals surface area contributed by atoms with Crippen LogP contribution in [-0.2, 0) is 19.0 Å². The van der Waals surface area contributed by atoms with Crippen LogP contribution in [0, 0.1) is 12.7 Å². The highest BCUT2D eigenvalue weighted by atomic mass is 79.9. The number of carbonyl (C=O) groups is 1. The van der Waals surface area contributed by atoms with Crippen LogP contribution in [0.2, 0.25) is 5.02 Å². The Bertz CT molecular complexity index is 1900. The van der Waals surface area contributed by atoms with E-state index in [-0.39, 0.29) is 17.5 Å². The molecule has 2 aromatic heterocycles. The van der Waals surface area contributed by atoms with Gasteiger partial charge in [-0.15, -0.1) is 0 Å². The van der Waals surface area contributed by atoms with Crippen LogP contribution in [0.5, 0.6) is 5.75 Å². The number of aromatic nitrogens is 2. The van der Waals surface area contributed by atoms with Gasteiger partial charge in [-0.3, -0.25) is 4.40 Å². The summed E-state index contributed by atoms with van der Waals surface area (Å²) in [5.74, 6) is 0.514. The number of benzene rings is 2. The van der Waals surface area contributed by atoms with Gasteiger partial charge in [0.15, 0.2) is 11.8 Å². The predicted molar refractivity (Wildman–Crippen MR) is 199 cm³/mol. The molecule has 1 fully saturated rings. The Hall–Kier alpha value is -3.18. The number of ether oxygens (including phenoxy) is 4. The molecule has 7 rings (SSSR count). The summed E-state index contributed by atoms with van der Waals surface area (Å²) < 4.78 is 42.1. The minimum atomic E-state index is -1.05. The second-order valence-electron chi connectivity index (χ2n) is 14.7. The number of carbonyl (C=O) groups excluding carboxylic acids is 1. The van der Waals surface area contributed by atoms with Crippen molar-refractivity contribution in [3.05, 3.63) is 69.0 Å². The minimum absolute atomic E-state index is 0.0616. The van der Waals surface area contributed by atoms with Crippen molar-refractivity contribution in [3.63, 3.8) is 0 Å². The van der Waals surface area contributed by atoms with Gasteiger partial charge in [0.05, 0.1) is 29.4 Å². The molecule has 0 N–H and O–H groups in total. The molecule has 0 aliphatic carbocycles. The Labute approximate surface area is 307 Å². The number of imidazole rings is 1. The van der Waals surface area contributed by atoms with Crippen LogP contribution in [0.3, 0.4) is 0 Å². The van der Waals surface area contributed by atoms with Crippen molar-refractivity contribution in [1.29, 1.82) is 0 Å². The highest BCUT2D eigenvalue weighted by Crippen LogP contribution is 2.45. The van der Waals surface area contributed by atoms with Crippen molar-refractivity contribution >= 4 is 45.0 Å². The zero-order valence-corrected chi connectivity index (χ0v) is 32.2.